The Balaban J connectivity index is 0.00000177. The van der Waals surface area contributed by atoms with E-state index in [2.05, 4.69) is 25.4 Å². The van der Waals surface area contributed by atoms with Crippen molar-refractivity contribution >= 4 is 28.6 Å². The van der Waals surface area contributed by atoms with Crippen molar-refractivity contribution in [1.82, 2.24) is 9.55 Å². The molecule has 0 aliphatic carbocycles. The smallest absolute Gasteiger partial charge is 0.341 e. The van der Waals surface area contributed by atoms with E-state index in [0.29, 0.717) is 18.5 Å². The third-order valence-electron chi connectivity index (χ3n) is 3.78. The van der Waals surface area contributed by atoms with Gasteiger partial charge in [0.25, 0.3) is 0 Å². The topological polar surface area (TPSA) is 92.4 Å². The van der Waals surface area contributed by atoms with Gasteiger partial charge < -0.3 is 14.8 Å². The molecular weight excluding hydrogens is 435 g/mol. The van der Waals surface area contributed by atoms with Crippen LogP contribution in [0.25, 0.3) is 11.0 Å². The zero-order chi connectivity index (χ0) is 24.7. The average molecular weight is 467 g/mol. The molecule has 0 saturated heterocycles. The minimum Gasteiger partial charge on any atom is -0.477 e. The number of aliphatic hydroxyl groups is 1. The molecule has 0 bridgehead atoms. The summed E-state index contributed by atoms with van der Waals surface area (Å²) >= 11 is 5.60. The average Bonchev–Trinajstić information content (AvgIpc) is 2.77. The Bertz CT molecular complexity index is 1010. The van der Waals surface area contributed by atoms with Crippen molar-refractivity contribution in [2.45, 2.75) is 53.5 Å². The third-order valence-corrected chi connectivity index (χ3v) is 4.11. The second kappa shape index (κ2) is 15.9. The number of hydrogen-bond acceptors (Lipinski definition) is 4. The number of nitrogens with zero attached hydrogens (tertiary/aromatic N) is 2. The van der Waals surface area contributed by atoms with Gasteiger partial charge in [-0.25, -0.2) is 14.2 Å². The Kier molecular flexibility index (Phi) is 14.6. The molecule has 0 fully saturated rings. The molecule has 0 unspecified atom stereocenters. The van der Waals surface area contributed by atoms with Gasteiger partial charge in [-0.05, 0) is 30.5 Å². The van der Waals surface area contributed by atoms with Crippen LogP contribution < -0.4 is 5.43 Å². The molecule has 2 aromatic heterocycles. The molecule has 2 N–H and O–H groups in total. The van der Waals surface area contributed by atoms with E-state index in [4.69, 9.17) is 16.7 Å². The van der Waals surface area contributed by atoms with Gasteiger partial charge in [0.2, 0.25) is 5.43 Å². The molecule has 2 rings (SSSR count). The number of carboxylic acids is 1. The van der Waals surface area contributed by atoms with Crippen molar-refractivity contribution in [3.63, 3.8) is 0 Å². The van der Waals surface area contributed by atoms with Crippen molar-refractivity contribution in [3.05, 3.63) is 75.5 Å². The minimum atomic E-state index is -1.33. The molecule has 0 aliphatic rings. The molecule has 6 nitrogen and oxygen atoms in total. The van der Waals surface area contributed by atoms with Gasteiger partial charge in [-0.3, -0.25) is 4.79 Å². The molecule has 0 amide bonds. The molecule has 0 spiro atoms. The van der Waals surface area contributed by atoms with Gasteiger partial charge in [-0.1, -0.05) is 64.4 Å². The van der Waals surface area contributed by atoms with Crippen LogP contribution in [-0.4, -0.2) is 32.3 Å². The summed E-state index contributed by atoms with van der Waals surface area (Å²) in [5, 5.41) is 18.5. The van der Waals surface area contributed by atoms with Crippen molar-refractivity contribution in [3.8, 4) is 0 Å². The van der Waals surface area contributed by atoms with Crippen molar-refractivity contribution in [2.24, 2.45) is 0 Å². The molecule has 2 heterocycles. The largest absolute Gasteiger partial charge is 0.477 e. The molecule has 2 aromatic rings. The van der Waals surface area contributed by atoms with Gasteiger partial charge >= 0.3 is 5.97 Å². The maximum absolute atomic E-state index is 12.7. The van der Waals surface area contributed by atoms with Crippen LogP contribution in [0, 0.1) is 0 Å². The Morgan fingerprint density at radius 2 is 1.97 bits per heavy atom. The fraction of sp³-hybridized carbons (Fsp3) is 0.375. The molecule has 0 atom stereocenters. The number of halogens is 2. The van der Waals surface area contributed by atoms with Crippen LogP contribution in [0.2, 0.25) is 0 Å². The van der Waals surface area contributed by atoms with E-state index in [1.165, 1.54) is 23.3 Å². The maximum atomic E-state index is 12.7. The SMILES string of the molecule is C=C(F)/C(Cl)=C\C=C/CCc1cnc2c(c1)c(=O)c(C(=O)O)cn2CCO.CC.CCC. The molecule has 0 radical (unpaired) electrons. The second-order valence-corrected chi connectivity index (χ2v) is 6.81. The van der Waals surface area contributed by atoms with Gasteiger partial charge in [-0.15, -0.1) is 0 Å². The predicted molar refractivity (Wildman–Crippen MR) is 129 cm³/mol. The first kappa shape index (κ1) is 29.2. The Morgan fingerprint density at radius 1 is 1.34 bits per heavy atom. The summed E-state index contributed by atoms with van der Waals surface area (Å²) in [6, 6.07) is 1.60. The lowest BCUT2D eigenvalue weighted by Gasteiger charge is -2.11. The zero-order valence-corrected chi connectivity index (χ0v) is 19.8. The quantitative estimate of drug-likeness (QED) is 0.492. The second-order valence-electron chi connectivity index (χ2n) is 6.40. The fourth-order valence-electron chi connectivity index (χ4n) is 2.47. The number of pyridine rings is 2. The summed E-state index contributed by atoms with van der Waals surface area (Å²) in [7, 11) is 0. The van der Waals surface area contributed by atoms with E-state index in [-0.39, 0.29) is 29.1 Å². The standard InChI is InChI=1S/C19H18ClFN2O4.C3H8.C2H6/c1-12(21)16(20)6-4-2-3-5-13-9-14-17(25)15(19(26)27)11-23(7-8-24)18(14)22-10-13;1-3-2;1-2/h2,4,6,9-11,24H,1,3,5,7-8H2,(H,26,27);3H2,1-2H3;1-2H3/b4-2-,16-6+;;. The highest BCUT2D eigenvalue weighted by Crippen LogP contribution is 2.15. The molecule has 0 aromatic carbocycles. The van der Waals surface area contributed by atoms with E-state index in [1.54, 1.807) is 24.4 Å². The summed E-state index contributed by atoms with van der Waals surface area (Å²) < 4.78 is 14.2. The molecule has 0 aliphatic heterocycles. The normalized spacial score (nSPS) is 10.9. The van der Waals surface area contributed by atoms with Gasteiger partial charge in [0.15, 0.2) is 0 Å². The highest BCUT2D eigenvalue weighted by Gasteiger charge is 2.15. The lowest BCUT2D eigenvalue weighted by Crippen LogP contribution is -2.20. The number of aromatic nitrogens is 2. The Morgan fingerprint density at radius 3 is 2.50 bits per heavy atom. The first-order valence-electron chi connectivity index (χ1n) is 10.5. The molecule has 0 saturated carbocycles. The number of carboxylic acid groups (broad SMARTS) is 1. The van der Waals surface area contributed by atoms with Gasteiger partial charge in [0, 0.05) is 18.9 Å². The van der Waals surface area contributed by atoms with Crippen molar-refractivity contribution in [2.75, 3.05) is 6.61 Å². The predicted octanol–water partition coefficient (Wildman–Crippen LogP) is 5.62. The summed E-state index contributed by atoms with van der Waals surface area (Å²) in [6.45, 7) is 11.2. The summed E-state index contributed by atoms with van der Waals surface area (Å²) in [6.07, 6.45) is 9.90. The fourth-order valence-corrected chi connectivity index (χ4v) is 2.55. The molecular formula is C24H32ClFN2O4. The molecule has 32 heavy (non-hydrogen) atoms. The van der Waals surface area contributed by atoms with Gasteiger partial charge in [0.1, 0.15) is 17.0 Å². The lowest BCUT2D eigenvalue weighted by molar-refractivity contribution is 0.0694. The highest BCUT2D eigenvalue weighted by atomic mass is 35.5. The van der Waals surface area contributed by atoms with Crippen LogP contribution in [-0.2, 0) is 13.0 Å². The number of allylic oxidation sites excluding steroid dienone is 5. The van der Waals surface area contributed by atoms with E-state index >= 15 is 0 Å². The van der Waals surface area contributed by atoms with Gasteiger partial charge in [-0.2, -0.15) is 0 Å². The monoisotopic (exact) mass is 466 g/mol. The Labute approximate surface area is 193 Å². The Hall–Kier alpha value is -2.77. The number of aryl methyl sites for hydroxylation is 1. The first-order chi connectivity index (χ1) is 15.3. The van der Waals surface area contributed by atoms with Crippen LogP contribution in [0.15, 0.2) is 58.9 Å². The first-order valence-corrected chi connectivity index (χ1v) is 10.9. The molecule has 8 heteroatoms. The van der Waals surface area contributed by atoms with Crippen LogP contribution in [0.5, 0.6) is 0 Å². The number of fused-ring (bicyclic) bond motifs is 1. The van der Waals surface area contributed by atoms with Crippen molar-refractivity contribution < 1.29 is 19.4 Å². The van der Waals surface area contributed by atoms with Crippen LogP contribution in [0.4, 0.5) is 4.39 Å². The van der Waals surface area contributed by atoms with E-state index in [9.17, 15) is 19.1 Å². The van der Waals surface area contributed by atoms with E-state index < -0.39 is 17.2 Å². The zero-order valence-electron chi connectivity index (χ0n) is 19.1. The number of carbonyl (C=O) groups is 1. The lowest BCUT2D eigenvalue weighted by atomic mass is 10.1. The summed E-state index contributed by atoms with van der Waals surface area (Å²) in [4.78, 5) is 28.0. The number of aromatic carboxylic acids is 1. The van der Waals surface area contributed by atoms with Crippen LogP contribution in [0.3, 0.4) is 0 Å². The molecule has 176 valence electrons. The number of hydrogen-bond donors (Lipinski definition) is 2. The van der Waals surface area contributed by atoms with Crippen molar-refractivity contribution in [1.29, 1.82) is 0 Å². The van der Waals surface area contributed by atoms with Gasteiger partial charge in [0.05, 0.1) is 17.0 Å². The number of aliphatic hydroxyl groups excluding tert-OH is 1. The highest BCUT2D eigenvalue weighted by molar-refractivity contribution is 6.31. The van der Waals surface area contributed by atoms with Crippen LogP contribution >= 0.6 is 11.6 Å². The minimum absolute atomic E-state index is 0.0794. The van der Waals surface area contributed by atoms with Crippen LogP contribution in [0.1, 0.15) is 56.5 Å². The maximum Gasteiger partial charge on any atom is 0.341 e. The van der Waals surface area contributed by atoms with E-state index in [1.807, 2.05) is 13.8 Å². The summed E-state index contributed by atoms with van der Waals surface area (Å²) in [5.41, 5.74) is 0.0654. The third kappa shape index (κ3) is 9.16. The van der Waals surface area contributed by atoms with E-state index in [0.717, 1.165) is 5.56 Å². The number of rotatable bonds is 8. The summed E-state index contributed by atoms with van der Waals surface area (Å²) in [5.74, 6) is -2.05.